The van der Waals surface area contributed by atoms with Crippen molar-refractivity contribution < 1.29 is 0 Å². The van der Waals surface area contributed by atoms with Crippen molar-refractivity contribution >= 4 is 5.69 Å². The molecule has 0 aliphatic heterocycles. The summed E-state index contributed by atoms with van der Waals surface area (Å²) in [5.41, 5.74) is 6.96. The maximum absolute atomic E-state index is 8.76. The minimum atomic E-state index is -0.175. The lowest BCUT2D eigenvalue weighted by molar-refractivity contribution is 0.790. The van der Waals surface area contributed by atoms with Gasteiger partial charge in [0.1, 0.15) is 0 Å². The highest BCUT2D eigenvalue weighted by atomic mass is 14.7. The molecule has 3 nitrogen and oxygen atoms in total. The van der Waals surface area contributed by atoms with Crippen LogP contribution in [-0.4, -0.2) is 4.98 Å². The van der Waals surface area contributed by atoms with E-state index in [1.165, 1.54) is 0 Å². The summed E-state index contributed by atoms with van der Waals surface area (Å²) in [5, 5.41) is 8.76. The third-order valence-corrected chi connectivity index (χ3v) is 1.77. The largest absolute Gasteiger partial charge is 0.397 e. The van der Waals surface area contributed by atoms with Crippen molar-refractivity contribution in [3.8, 4) is 6.07 Å². The zero-order valence-electron chi connectivity index (χ0n) is 6.99. The van der Waals surface area contributed by atoms with E-state index in [9.17, 15) is 0 Å². The first-order valence-corrected chi connectivity index (χ1v) is 3.89. The quantitative estimate of drug-likeness (QED) is 0.717. The summed E-state index contributed by atoms with van der Waals surface area (Å²) in [5.74, 6) is -0.175. The fourth-order valence-corrected chi connectivity index (χ4v) is 1.07. The Morgan fingerprint density at radius 3 is 3.00 bits per heavy atom. The van der Waals surface area contributed by atoms with Gasteiger partial charge in [-0.25, -0.2) is 0 Å². The highest BCUT2D eigenvalue weighted by Gasteiger charge is 2.11. The van der Waals surface area contributed by atoms with Gasteiger partial charge in [0.2, 0.25) is 0 Å². The molecule has 0 saturated heterocycles. The van der Waals surface area contributed by atoms with Gasteiger partial charge in [0, 0.05) is 6.20 Å². The molecule has 0 saturated carbocycles. The lowest BCUT2D eigenvalue weighted by atomic mass is 10.0. The van der Waals surface area contributed by atoms with E-state index in [0.29, 0.717) is 11.4 Å². The first-order valence-electron chi connectivity index (χ1n) is 3.89. The highest BCUT2D eigenvalue weighted by Crippen LogP contribution is 2.21. The fourth-order valence-electron chi connectivity index (χ4n) is 1.07. The molecule has 1 unspecified atom stereocenters. The zero-order valence-corrected chi connectivity index (χ0v) is 6.99. The van der Waals surface area contributed by atoms with Gasteiger partial charge in [-0.05, 0) is 18.6 Å². The molecular formula is C9H11N3. The smallest absolute Gasteiger partial charge is 0.0903 e. The molecule has 1 atom stereocenters. The minimum Gasteiger partial charge on any atom is -0.397 e. The topological polar surface area (TPSA) is 62.7 Å². The monoisotopic (exact) mass is 161 g/mol. The van der Waals surface area contributed by atoms with Crippen molar-refractivity contribution in [3.05, 3.63) is 24.0 Å². The van der Waals surface area contributed by atoms with E-state index in [0.717, 1.165) is 6.42 Å². The Hall–Kier alpha value is -1.56. The van der Waals surface area contributed by atoms with Gasteiger partial charge in [-0.2, -0.15) is 5.26 Å². The molecule has 12 heavy (non-hydrogen) atoms. The van der Waals surface area contributed by atoms with Crippen LogP contribution in [0.5, 0.6) is 0 Å². The second-order valence-corrected chi connectivity index (χ2v) is 2.57. The molecule has 0 amide bonds. The van der Waals surface area contributed by atoms with E-state index in [1.54, 1.807) is 18.3 Å². The van der Waals surface area contributed by atoms with Crippen molar-refractivity contribution in [1.82, 2.24) is 4.98 Å². The number of nitrogens with two attached hydrogens (primary N) is 1. The van der Waals surface area contributed by atoms with Gasteiger partial charge in [0.25, 0.3) is 0 Å². The third kappa shape index (κ3) is 1.54. The molecule has 1 aromatic rings. The summed E-state index contributed by atoms with van der Waals surface area (Å²) in [6.45, 7) is 1.95. The number of nitriles is 1. The Bertz CT molecular complexity index is 301. The third-order valence-electron chi connectivity index (χ3n) is 1.77. The van der Waals surface area contributed by atoms with Crippen LogP contribution < -0.4 is 5.73 Å². The molecule has 1 aromatic heterocycles. The maximum Gasteiger partial charge on any atom is 0.0903 e. The number of pyridine rings is 1. The standard InChI is InChI=1S/C9H11N3/c1-2-7(6-10)9-8(11)4-3-5-12-9/h3-5,7H,2,11H2,1H3. The summed E-state index contributed by atoms with van der Waals surface area (Å²) < 4.78 is 0. The van der Waals surface area contributed by atoms with Gasteiger partial charge < -0.3 is 5.73 Å². The second kappa shape index (κ2) is 3.72. The number of rotatable bonds is 2. The van der Waals surface area contributed by atoms with Crippen molar-refractivity contribution in [2.24, 2.45) is 0 Å². The Morgan fingerprint density at radius 1 is 1.75 bits per heavy atom. The van der Waals surface area contributed by atoms with Gasteiger partial charge in [0.05, 0.1) is 23.4 Å². The molecular weight excluding hydrogens is 150 g/mol. The number of nitrogen functional groups attached to an aromatic ring is 1. The van der Waals surface area contributed by atoms with Gasteiger partial charge >= 0.3 is 0 Å². The lowest BCUT2D eigenvalue weighted by Gasteiger charge is -2.06. The first kappa shape index (κ1) is 8.54. The second-order valence-electron chi connectivity index (χ2n) is 2.57. The average molecular weight is 161 g/mol. The van der Waals surface area contributed by atoms with Crippen LogP contribution in [0.25, 0.3) is 0 Å². The highest BCUT2D eigenvalue weighted by molar-refractivity contribution is 5.45. The molecule has 0 radical (unpaired) electrons. The van der Waals surface area contributed by atoms with Crippen LogP contribution in [0.1, 0.15) is 25.0 Å². The summed E-state index contributed by atoms with van der Waals surface area (Å²) in [6, 6.07) is 5.70. The predicted molar refractivity (Wildman–Crippen MR) is 47.3 cm³/mol. The van der Waals surface area contributed by atoms with Crippen LogP contribution in [0.2, 0.25) is 0 Å². The van der Waals surface area contributed by atoms with Crippen LogP contribution in [-0.2, 0) is 0 Å². The SMILES string of the molecule is CCC(C#N)c1ncccc1N. The molecule has 62 valence electrons. The molecule has 0 spiro atoms. The molecule has 0 fully saturated rings. The molecule has 0 aromatic carbocycles. The Kier molecular flexibility index (Phi) is 2.65. The zero-order chi connectivity index (χ0) is 8.97. The normalized spacial score (nSPS) is 12.0. The van der Waals surface area contributed by atoms with Crippen LogP contribution >= 0.6 is 0 Å². The van der Waals surface area contributed by atoms with Gasteiger partial charge in [-0.3, -0.25) is 4.98 Å². The van der Waals surface area contributed by atoms with Crippen molar-refractivity contribution in [2.45, 2.75) is 19.3 Å². The van der Waals surface area contributed by atoms with Crippen LogP contribution in [0.3, 0.4) is 0 Å². The van der Waals surface area contributed by atoms with Crippen LogP contribution in [0, 0.1) is 11.3 Å². The van der Waals surface area contributed by atoms with Crippen molar-refractivity contribution in [1.29, 1.82) is 5.26 Å². The lowest BCUT2D eigenvalue weighted by Crippen LogP contribution is -2.02. The Balaban J connectivity index is 3.02. The summed E-state index contributed by atoms with van der Waals surface area (Å²) in [4.78, 5) is 4.07. The van der Waals surface area contributed by atoms with Crippen molar-refractivity contribution in [2.75, 3.05) is 5.73 Å². The number of hydrogen-bond acceptors (Lipinski definition) is 3. The number of nitrogens with zero attached hydrogens (tertiary/aromatic N) is 2. The maximum atomic E-state index is 8.76. The predicted octanol–water partition coefficient (Wildman–Crippen LogP) is 1.68. The van der Waals surface area contributed by atoms with Gasteiger partial charge in [-0.1, -0.05) is 6.92 Å². The van der Waals surface area contributed by atoms with Crippen molar-refractivity contribution in [3.63, 3.8) is 0 Å². The van der Waals surface area contributed by atoms with E-state index in [1.807, 2.05) is 6.92 Å². The van der Waals surface area contributed by atoms with Gasteiger partial charge in [0.15, 0.2) is 0 Å². The molecule has 2 N–H and O–H groups in total. The van der Waals surface area contributed by atoms with E-state index in [2.05, 4.69) is 11.1 Å². The molecule has 0 aliphatic carbocycles. The van der Waals surface area contributed by atoms with E-state index in [4.69, 9.17) is 11.0 Å². The van der Waals surface area contributed by atoms with E-state index < -0.39 is 0 Å². The summed E-state index contributed by atoms with van der Waals surface area (Å²) >= 11 is 0. The molecule has 0 bridgehead atoms. The van der Waals surface area contributed by atoms with E-state index in [-0.39, 0.29) is 5.92 Å². The molecule has 0 aliphatic rings. The molecule has 1 heterocycles. The molecule has 3 heteroatoms. The van der Waals surface area contributed by atoms with Gasteiger partial charge in [-0.15, -0.1) is 0 Å². The number of anilines is 1. The number of hydrogen-bond donors (Lipinski definition) is 1. The Morgan fingerprint density at radius 2 is 2.50 bits per heavy atom. The minimum absolute atomic E-state index is 0.175. The summed E-state index contributed by atoms with van der Waals surface area (Å²) in [6.07, 6.45) is 2.41. The number of aromatic nitrogens is 1. The Labute approximate surface area is 71.8 Å². The fraction of sp³-hybridized carbons (Fsp3) is 0.333. The van der Waals surface area contributed by atoms with Crippen LogP contribution in [0.15, 0.2) is 18.3 Å². The van der Waals surface area contributed by atoms with E-state index >= 15 is 0 Å². The summed E-state index contributed by atoms with van der Waals surface area (Å²) in [7, 11) is 0. The average Bonchev–Trinajstić information content (AvgIpc) is 2.10. The first-order chi connectivity index (χ1) is 5.79. The van der Waals surface area contributed by atoms with Crippen LogP contribution in [0.4, 0.5) is 5.69 Å². The molecule has 1 rings (SSSR count).